The van der Waals surface area contributed by atoms with Crippen LogP contribution in [0.2, 0.25) is 5.02 Å². The van der Waals surface area contributed by atoms with E-state index in [0.29, 0.717) is 16.1 Å². The van der Waals surface area contributed by atoms with Crippen LogP contribution in [-0.2, 0) is 9.53 Å². The number of hydrogen-bond donors (Lipinski definition) is 1. The normalized spacial score (nSPS) is 15.4. The zero-order chi connectivity index (χ0) is 16.4. The van der Waals surface area contributed by atoms with E-state index < -0.39 is 11.9 Å². The van der Waals surface area contributed by atoms with E-state index in [-0.39, 0.29) is 17.2 Å². The number of rotatable bonds is 3. The maximum atomic E-state index is 11.9. The molecule has 23 heavy (non-hydrogen) atoms. The Hall–Kier alpha value is -2.92. The van der Waals surface area contributed by atoms with E-state index in [0.717, 1.165) is 0 Å². The van der Waals surface area contributed by atoms with E-state index in [1.807, 2.05) is 0 Å². The summed E-state index contributed by atoms with van der Waals surface area (Å²) in [4.78, 5) is 26.9. The van der Waals surface area contributed by atoms with Crippen LogP contribution in [0, 0.1) is 0 Å². The van der Waals surface area contributed by atoms with Crippen molar-refractivity contribution in [3.63, 3.8) is 0 Å². The number of halogens is 1. The molecule has 0 aliphatic carbocycles. The molecule has 5 nitrogen and oxygen atoms in total. The number of carboxylic acid groups (broad SMARTS) is 1. The first-order chi connectivity index (χ1) is 11.0. The fourth-order valence-electron chi connectivity index (χ4n) is 2.03. The fourth-order valence-corrected chi connectivity index (χ4v) is 2.22. The predicted molar refractivity (Wildman–Crippen MR) is 85.5 cm³/mol. The number of carbonyl (C=O) groups excluding carboxylic acids is 1. The second-order valence-electron chi connectivity index (χ2n) is 4.77. The second kappa shape index (κ2) is 6.06. The summed E-state index contributed by atoms with van der Waals surface area (Å²) >= 11 is 5.91. The van der Waals surface area contributed by atoms with Gasteiger partial charge in [-0.1, -0.05) is 29.8 Å². The van der Waals surface area contributed by atoms with Crippen molar-refractivity contribution in [2.24, 2.45) is 4.99 Å². The van der Waals surface area contributed by atoms with E-state index >= 15 is 0 Å². The van der Waals surface area contributed by atoms with Gasteiger partial charge in [-0.05, 0) is 42.0 Å². The molecule has 0 amide bonds. The zero-order valence-electron chi connectivity index (χ0n) is 11.7. The van der Waals surface area contributed by atoms with Crippen LogP contribution < -0.4 is 0 Å². The SMILES string of the molecule is O=C1OC(c2cccc(Cl)c2)=N/C1=C/c1ccc(C(=O)O)cc1. The summed E-state index contributed by atoms with van der Waals surface area (Å²) in [5.74, 6) is -1.39. The van der Waals surface area contributed by atoms with Crippen LogP contribution in [0.25, 0.3) is 6.08 Å². The molecule has 0 saturated carbocycles. The highest BCUT2D eigenvalue weighted by Crippen LogP contribution is 2.21. The molecule has 1 aliphatic heterocycles. The van der Waals surface area contributed by atoms with Crippen LogP contribution in [-0.4, -0.2) is 22.9 Å². The zero-order valence-corrected chi connectivity index (χ0v) is 12.4. The van der Waals surface area contributed by atoms with Crippen molar-refractivity contribution >= 4 is 35.5 Å². The van der Waals surface area contributed by atoms with E-state index in [4.69, 9.17) is 21.4 Å². The molecule has 0 atom stereocenters. The molecule has 0 fully saturated rings. The van der Waals surface area contributed by atoms with Crippen molar-refractivity contribution in [2.45, 2.75) is 0 Å². The number of aromatic carboxylic acids is 1. The molecule has 6 heteroatoms. The van der Waals surface area contributed by atoms with Gasteiger partial charge in [-0.2, -0.15) is 0 Å². The summed E-state index contributed by atoms with van der Waals surface area (Å²) < 4.78 is 5.14. The molecule has 0 radical (unpaired) electrons. The van der Waals surface area contributed by atoms with Crippen LogP contribution >= 0.6 is 11.6 Å². The Balaban J connectivity index is 1.90. The molecule has 1 heterocycles. The lowest BCUT2D eigenvalue weighted by molar-refractivity contribution is -0.129. The van der Waals surface area contributed by atoms with Gasteiger partial charge in [0, 0.05) is 10.6 Å². The maximum absolute atomic E-state index is 11.9. The summed E-state index contributed by atoms with van der Waals surface area (Å²) in [5, 5.41) is 9.38. The van der Waals surface area contributed by atoms with Crippen LogP contribution in [0.4, 0.5) is 0 Å². The van der Waals surface area contributed by atoms with Crippen LogP contribution in [0.3, 0.4) is 0 Å². The van der Waals surface area contributed by atoms with Gasteiger partial charge in [0.15, 0.2) is 5.70 Å². The Morgan fingerprint density at radius 3 is 2.57 bits per heavy atom. The first-order valence-corrected chi connectivity index (χ1v) is 7.02. The van der Waals surface area contributed by atoms with E-state index in [1.165, 1.54) is 18.2 Å². The maximum Gasteiger partial charge on any atom is 0.363 e. The minimum Gasteiger partial charge on any atom is -0.478 e. The molecule has 3 rings (SSSR count). The number of esters is 1. The highest BCUT2D eigenvalue weighted by atomic mass is 35.5. The van der Waals surface area contributed by atoms with Crippen LogP contribution in [0.15, 0.2) is 59.2 Å². The third-order valence-corrected chi connectivity index (χ3v) is 3.39. The number of ether oxygens (including phenoxy) is 1. The average molecular weight is 328 g/mol. The van der Waals surface area contributed by atoms with Gasteiger partial charge in [-0.25, -0.2) is 14.6 Å². The molecular formula is C17H10ClNO4. The molecule has 2 aromatic carbocycles. The lowest BCUT2D eigenvalue weighted by Crippen LogP contribution is -2.05. The van der Waals surface area contributed by atoms with Gasteiger partial charge in [0.2, 0.25) is 5.90 Å². The van der Waals surface area contributed by atoms with Gasteiger partial charge in [0.25, 0.3) is 0 Å². The monoisotopic (exact) mass is 327 g/mol. The van der Waals surface area contributed by atoms with Crippen molar-refractivity contribution in [3.05, 3.63) is 75.9 Å². The molecule has 0 spiro atoms. The Labute approximate surface area is 136 Å². The number of carbonyl (C=O) groups is 2. The topological polar surface area (TPSA) is 76.0 Å². The summed E-state index contributed by atoms with van der Waals surface area (Å²) in [7, 11) is 0. The Bertz CT molecular complexity index is 853. The molecule has 2 aromatic rings. The summed E-state index contributed by atoms with van der Waals surface area (Å²) in [6, 6.07) is 12.9. The highest BCUT2D eigenvalue weighted by molar-refractivity contribution is 6.31. The van der Waals surface area contributed by atoms with Gasteiger partial charge in [-0.15, -0.1) is 0 Å². The van der Waals surface area contributed by atoms with Crippen molar-refractivity contribution in [1.82, 2.24) is 0 Å². The number of carboxylic acids is 1. The number of nitrogens with zero attached hydrogens (tertiary/aromatic N) is 1. The molecule has 114 valence electrons. The van der Waals surface area contributed by atoms with E-state index in [1.54, 1.807) is 36.4 Å². The van der Waals surface area contributed by atoms with Crippen molar-refractivity contribution in [3.8, 4) is 0 Å². The molecule has 1 N–H and O–H groups in total. The minimum atomic E-state index is -1.01. The third kappa shape index (κ3) is 3.30. The fraction of sp³-hybridized carbons (Fsp3) is 0. The van der Waals surface area contributed by atoms with E-state index in [9.17, 15) is 9.59 Å². The standard InChI is InChI=1S/C17H10ClNO4/c18-13-3-1-2-12(9-13)15-19-14(17(22)23-15)8-10-4-6-11(7-5-10)16(20)21/h1-9H,(H,20,21)/b14-8+. The Morgan fingerprint density at radius 2 is 1.91 bits per heavy atom. The van der Waals surface area contributed by atoms with Crippen molar-refractivity contribution < 1.29 is 19.4 Å². The van der Waals surface area contributed by atoms with Crippen molar-refractivity contribution in [1.29, 1.82) is 0 Å². The molecule has 0 bridgehead atoms. The summed E-state index contributed by atoms with van der Waals surface area (Å²) in [6.45, 7) is 0. The van der Waals surface area contributed by atoms with Crippen molar-refractivity contribution in [2.75, 3.05) is 0 Å². The number of aliphatic imine (C=N–C) groups is 1. The van der Waals surface area contributed by atoms with Crippen LogP contribution in [0.5, 0.6) is 0 Å². The molecule has 0 saturated heterocycles. The van der Waals surface area contributed by atoms with Gasteiger partial charge < -0.3 is 9.84 Å². The highest BCUT2D eigenvalue weighted by Gasteiger charge is 2.24. The minimum absolute atomic E-state index is 0.142. The molecular weight excluding hydrogens is 318 g/mol. The first kappa shape index (κ1) is 15.0. The second-order valence-corrected chi connectivity index (χ2v) is 5.21. The summed E-state index contributed by atoms with van der Waals surface area (Å²) in [6.07, 6.45) is 1.53. The number of cyclic esters (lactones) is 1. The van der Waals surface area contributed by atoms with E-state index in [2.05, 4.69) is 4.99 Å². The Kier molecular flexibility index (Phi) is 3.95. The summed E-state index contributed by atoms with van der Waals surface area (Å²) in [5.41, 5.74) is 1.57. The number of benzene rings is 2. The number of hydrogen-bond acceptors (Lipinski definition) is 4. The largest absolute Gasteiger partial charge is 0.478 e. The quantitative estimate of drug-likeness (QED) is 0.692. The first-order valence-electron chi connectivity index (χ1n) is 6.65. The van der Waals surface area contributed by atoms with Crippen LogP contribution in [0.1, 0.15) is 21.5 Å². The van der Waals surface area contributed by atoms with Gasteiger partial charge in [0.1, 0.15) is 0 Å². The van der Waals surface area contributed by atoms with Gasteiger partial charge in [0.05, 0.1) is 5.56 Å². The smallest absolute Gasteiger partial charge is 0.363 e. The molecule has 1 aliphatic rings. The predicted octanol–water partition coefficient (Wildman–Crippen LogP) is 3.38. The lowest BCUT2D eigenvalue weighted by Gasteiger charge is -1.99. The third-order valence-electron chi connectivity index (χ3n) is 3.15. The molecule has 0 aromatic heterocycles. The Morgan fingerprint density at radius 1 is 1.17 bits per heavy atom. The average Bonchev–Trinajstić information content (AvgIpc) is 2.89. The lowest BCUT2D eigenvalue weighted by atomic mass is 10.1. The van der Waals surface area contributed by atoms with Gasteiger partial charge >= 0.3 is 11.9 Å². The molecule has 0 unspecified atom stereocenters. The van der Waals surface area contributed by atoms with Gasteiger partial charge in [-0.3, -0.25) is 0 Å².